The number of benzene rings is 1. The molecule has 156 valence electrons. The molecule has 7 nitrogen and oxygen atoms in total. The molecule has 1 amide bonds. The highest BCUT2D eigenvalue weighted by Crippen LogP contribution is 2.16. The third-order valence-corrected chi connectivity index (χ3v) is 5.83. The third-order valence-electron chi connectivity index (χ3n) is 4.66. The van der Waals surface area contributed by atoms with Gasteiger partial charge in [-0.05, 0) is 30.7 Å². The molecule has 0 radical (unpaired) electrons. The Labute approximate surface area is 186 Å². The largest absolute Gasteiger partial charge is 0.319 e. The molecule has 9 heteroatoms. The van der Waals surface area contributed by atoms with E-state index in [0.717, 1.165) is 5.56 Å². The highest BCUT2D eigenvalue weighted by molar-refractivity contribution is 7.07. The normalized spacial score (nSPS) is 11.6. The van der Waals surface area contributed by atoms with Crippen molar-refractivity contribution in [3.8, 4) is 11.4 Å². The van der Waals surface area contributed by atoms with Crippen molar-refractivity contribution in [1.29, 1.82) is 0 Å². The van der Waals surface area contributed by atoms with Gasteiger partial charge in [0.1, 0.15) is 5.82 Å². The molecule has 0 saturated heterocycles. The maximum absolute atomic E-state index is 12.6. The molecule has 31 heavy (non-hydrogen) atoms. The summed E-state index contributed by atoms with van der Waals surface area (Å²) in [6, 6.07) is 11.1. The van der Waals surface area contributed by atoms with Crippen molar-refractivity contribution in [3.63, 3.8) is 0 Å². The molecule has 0 aliphatic heterocycles. The van der Waals surface area contributed by atoms with Crippen molar-refractivity contribution in [2.75, 3.05) is 0 Å². The number of carbonyl (C=O) groups excluding carboxylic acids is 1. The number of aromatic nitrogens is 4. The van der Waals surface area contributed by atoms with Crippen LogP contribution < -0.4 is 10.4 Å². The summed E-state index contributed by atoms with van der Waals surface area (Å²) in [4.78, 5) is 41.2. The van der Waals surface area contributed by atoms with Crippen LogP contribution in [0.15, 0.2) is 70.2 Å². The van der Waals surface area contributed by atoms with Crippen molar-refractivity contribution in [3.05, 3.63) is 97.4 Å². The van der Waals surface area contributed by atoms with E-state index in [4.69, 9.17) is 11.6 Å². The first-order chi connectivity index (χ1) is 15.0. The Morgan fingerprint density at radius 1 is 1.26 bits per heavy atom. The summed E-state index contributed by atoms with van der Waals surface area (Å²) in [6.45, 7) is 2.21. The van der Waals surface area contributed by atoms with Gasteiger partial charge in [0.15, 0.2) is 4.80 Å². The molecule has 0 saturated carbocycles. The summed E-state index contributed by atoms with van der Waals surface area (Å²) < 4.78 is 1.85. The second kappa shape index (κ2) is 9.20. The van der Waals surface area contributed by atoms with E-state index < -0.39 is 5.91 Å². The van der Waals surface area contributed by atoms with Gasteiger partial charge in [-0.2, -0.15) is 4.99 Å². The van der Waals surface area contributed by atoms with Crippen LogP contribution in [0, 0.1) is 6.92 Å². The Balaban J connectivity index is 1.57. The minimum absolute atomic E-state index is 0.133. The first kappa shape index (κ1) is 20.9. The summed E-state index contributed by atoms with van der Waals surface area (Å²) in [6.07, 6.45) is 4.98. The van der Waals surface area contributed by atoms with E-state index >= 15 is 0 Å². The number of pyridine rings is 1. The Hall–Kier alpha value is -3.36. The van der Waals surface area contributed by atoms with Crippen LogP contribution in [0.5, 0.6) is 0 Å². The molecule has 0 aliphatic rings. The lowest BCUT2D eigenvalue weighted by Crippen LogP contribution is -2.22. The predicted molar refractivity (Wildman–Crippen MR) is 120 cm³/mol. The minimum atomic E-state index is -0.417. The summed E-state index contributed by atoms with van der Waals surface area (Å²) in [5.74, 6) is -0.000498. The summed E-state index contributed by atoms with van der Waals surface area (Å²) in [5, 5.41) is 2.51. The van der Waals surface area contributed by atoms with E-state index in [1.54, 1.807) is 31.5 Å². The zero-order valence-electron chi connectivity index (χ0n) is 16.6. The van der Waals surface area contributed by atoms with E-state index in [-0.39, 0.29) is 12.0 Å². The number of rotatable bonds is 5. The molecular formula is C22H18ClN5O2S. The minimum Gasteiger partial charge on any atom is -0.319 e. The lowest BCUT2D eigenvalue weighted by molar-refractivity contribution is -0.117. The Kier molecular flexibility index (Phi) is 6.20. The van der Waals surface area contributed by atoms with Crippen LogP contribution in [0.3, 0.4) is 0 Å². The number of H-pyrrole nitrogens is 1. The fourth-order valence-corrected chi connectivity index (χ4v) is 4.01. The van der Waals surface area contributed by atoms with Gasteiger partial charge in [-0.15, -0.1) is 11.3 Å². The van der Waals surface area contributed by atoms with E-state index in [2.05, 4.69) is 19.9 Å². The van der Waals surface area contributed by atoms with Crippen LogP contribution >= 0.6 is 22.9 Å². The number of hydrogen-bond acceptors (Lipinski definition) is 5. The lowest BCUT2D eigenvalue weighted by atomic mass is 10.1. The third kappa shape index (κ3) is 4.87. The van der Waals surface area contributed by atoms with E-state index in [1.165, 1.54) is 11.3 Å². The fourth-order valence-electron chi connectivity index (χ4n) is 3.07. The van der Waals surface area contributed by atoms with Gasteiger partial charge in [0, 0.05) is 45.8 Å². The van der Waals surface area contributed by atoms with Gasteiger partial charge in [0.2, 0.25) is 0 Å². The number of aromatic amines is 1. The topological polar surface area (TPSA) is 93.0 Å². The van der Waals surface area contributed by atoms with E-state index in [0.29, 0.717) is 39.0 Å². The van der Waals surface area contributed by atoms with Crippen LogP contribution in [0.2, 0.25) is 5.02 Å². The highest BCUT2D eigenvalue weighted by atomic mass is 35.5. The number of nitrogens with one attached hydrogen (secondary N) is 1. The highest BCUT2D eigenvalue weighted by Gasteiger charge is 2.14. The lowest BCUT2D eigenvalue weighted by Gasteiger charge is -2.06. The maximum atomic E-state index is 12.6. The van der Waals surface area contributed by atoms with Crippen LogP contribution in [0.4, 0.5) is 0 Å². The first-order valence-electron chi connectivity index (χ1n) is 9.46. The fraction of sp³-hybridized carbons (Fsp3) is 0.136. The van der Waals surface area contributed by atoms with Crippen molar-refractivity contribution in [1.82, 2.24) is 19.5 Å². The summed E-state index contributed by atoms with van der Waals surface area (Å²) in [5.41, 5.74) is 2.06. The molecule has 0 fully saturated rings. The number of hydrogen-bond donors (Lipinski definition) is 1. The van der Waals surface area contributed by atoms with E-state index in [1.807, 2.05) is 40.4 Å². The second-order valence-corrected chi connectivity index (χ2v) is 8.09. The van der Waals surface area contributed by atoms with Gasteiger partial charge in [-0.3, -0.25) is 14.6 Å². The van der Waals surface area contributed by atoms with Crippen molar-refractivity contribution >= 4 is 28.8 Å². The Bertz CT molecular complexity index is 1360. The average molecular weight is 452 g/mol. The van der Waals surface area contributed by atoms with Gasteiger partial charge in [-0.1, -0.05) is 29.8 Å². The van der Waals surface area contributed by atoms with E-state index in [9.17, 15) is 9.59 Å². The molecule has 4 rings (SSSR count). The summed E-state index contributed by atoms with van der Waals surface area (Å²) in [7, 11) is 0. The summed E-state index contributed by atoms with van der Waals surface area (Å²) >= 11 is 7.59. The van der Waals surface area contributed by atoms with Gasteiger partial charge in [0.25, 0.3) is 11.5 Å². The molecule has 0 spiro atoms. The van der Waals surface area contributed by atoms with Crippen LogP contribution in [0.1, 0.15) is 16.8 Å². The number of nitrogens with zero attached hydrogens (tertiary/aromatic N) is 4. The van der Waals surface area contributed by atoms with Crippen LogP contribution in [-0.4, -0.2) is 25.4 Å². The van der Waals surface area contributed by atoms with Crippen LogP contribution in [-0.2, 0) is 17.8 Å². The number of aryl methyl sites for hydroxylation is 1. The zero-order valence-corrected chi connectivity index (χ0v) is 18.2. The standard InChI is InChI=1S/C22H18ClN5O2S/c1-14-17(21(30)27-20(25-14)15-6-4-8-24-12-15)11-19(29)26-22-28(9-10-31-22)13-16-5-2-3-7-18(16)23/h2-10,12H,11,13H2,1H3,(H,25,27,30). The molecule has 1 N–H and O–H groups in total. The number of thiazole rings is 1. The molecule has 0 atom stereocenters. The average Bonchev–Trinajstić information content (AvgIpc) is 3.19. The van der Waals surface area contributed by atoms with Gasteiger partial charge < -0.3 is 9.55 Å². The van der Waals surface area contributed by atoms with Crippen molar-refractivity contribution in [2.45, 2.75) is 19.9 Å². The van der Waals surface area contributed by atoms with Crippen molar-refractivity contribution in [2.24, 2.45) is 4.99 Å². The second-order valence-electron chi connectivity index (χ2n) is 6.81. The molecular weight excluding hydrogens is 434 g/mol. The molecule has 4 aromatic rings. The predicted octanol–water partition coefficient (Wildman–Crippen LogP) is 3.38. The molecule has 0 unspecified atom stereocenters. The number of halogens is 1. The number of amides is 1. The van der Waals surface area contributed by atoms with Gasteiger partial charge in [0.05, 0.1) is 13.0 Å². The molecule has 0 bridgehead atoms. The molecule has 3 aromatic heterocycles. The molecule has 0 aliphatic carbocycles. The monoisotopic (exact) mass is 451 g/mol. The molecule has 3 heterocycles. The maximum Gasteiger partial charge on any atom is 0.255 e. The zero-order chi connectivity index (χ0) is 21.8. The number of carbonyl (C=O) groups is 1. The Morgan fingerprint density at radius 3 is 2.84 bits per heavy atom. The quantitative estimate of drug-likeness (QED) is 0.503. The van der Waals surface area contributed by atoms with Gasteiger partial charge in [-0.25, -0.2) is 4.98 Å². The Morgan fingerprint density at radius 2 is 2.10 bits per heavy atom. The molecule has 1 aromatic carbocycles. The smallest absolute Gasteiger partial charge is 0.255 e. The SMILES string of the molecule is Cc1nc(-c2cccnc2)[nH]c(=O)c1CC(=O)N=c1sccn1Cc1ccccc1Cl. The van der Waals surface area contributed by atoms with Crippen molar-refractivity contribution < 1.29 is 4.79 Å². The van der Waals surface area contributed by atoms with Gasteiger partial charge >= 0.3 is 0 Å². The van der Waals surface area contributed by atoms with Crippen LogP contribution in [0.25, 0.3) is 11.4 Å². The first-order valence-corrected chi connectivity index (χ1v) is 10.7.